The number of nitrogens with zero attached hydrogens (tertiary/aromatic N) is 2. The highest BCUT2D eigenvalue weighted by atomic mass is 19.4. The molecule has 2 aromatic rings. The molecule has 0 atom stereocenters. The molecule has 3 rings (SSSR count). The summed E-state index contributed by atoms with van der Waals surface area (Å²) in [6.07, 6.45) is -8.22. The Hall–Kier alpha value is -2.54. The van der Waals surface area contributed by atoms with Gasteiger partial charge in [-0.3, -0.25) is 0 Å². The van der Waals surface area contributed by atoms with Gasteiger partial charge in [-0.15, -0.1) is 0 Å². The van der Waals surface area contributed by atoms with Gasteiger partial charge in [-0.2, -0.15) is 26.3 Å². The second-order valence-corrected chi connectivity index (χ2v) is 8.29. The minimum absolute atomic E-state index is 0.0593. The summed E-state index contributed by atoms with van der Waals surface area (Å²) in [5.41, 5.74) is -1.99. The first-order chi connectivity index (χ1) is 14.6. The number of benzene rings is 1. The Morgan fingerprint density at radius 1 is 0.938 bits per heavy atom. The molecule has 2 heterocycles. The molecule has 1 aliphatic heterocycles. The number of nitrogens with one attached hydrogen (secondary N) is 2. The van der Waals surface area contributed by atoms with Gasteiger partial charge in [0.2, 0.25) is 5.95 Å². The molecule has 1 saturated heterocycles. The lowest BCUT2D eigenvalue weighted by Crippen LogP contribution is -2.41. The summed E-state index contributed by atoms with van der Waals surface area (Å²) >= 11 is 0. The van der Waals surface area contributed by atoms with Gasteiger partial charge in [0.15, 0.2) is 0 Å². The van der Waals surface area contributed by atoms with Crippen LogP contribution in [0.2, 0.25) is 0 Å². The molecule has 0 spiro atoms. The van der Waals surface area contributed by atoms with Crippen LogP contribution in [0.3, 0.4) is 0 Å². The van der Waals surface area contributed by atoms with Crippen molar-refractivity contribution in [3.63, 3.8) is 0 Å². The molecule has 0 bridgehead atoms. The Morgan fingerprint density at radius 2 is 1.53 bits per heavy atom. The van der Waals surface area contributed by atoms with Crippen LogP contribution in [0.4, 0.5) is 43.7 Å². The fraction of sp³-hybridized carbons (Fsp3) is 0.474. The summed E-state index contributed by atoms with van der Waals surface area (Å²) in [6, 6.07) is 4.92. The summed E-state index contributed by atoms with van der Waals surface area (Å²) in [6.45, 7) is 5.95. The maximum atomic E-state index is 12.9. The normalized spacial score (nSPS) is 18.0. The Morgan fingerprint density at radius 3 is 2.09 bits per heavy atom. The lowest BCUT2D eigenvalue weighted by molar-refractivity contribution is -0.141. The van der Waals surface area contributed by atoms with Crippen molar-refractivity contribution in [2.24, 2.45) is 0 Å². The molecular formula is C19H21BF6N4O2. The molecule has 6 nitrogen and oxygen atoms in total. The molecule has 0 saturated carbocycles. The first-order valence-corrected chi connectivity index (χ1v) is 9.54. The van der Waals surface area contributed by atoms with Gasteiger partial charge in [0.25, 0.3) is 0 Å². The SMILES string of the molecule is CC1(C)OB(c2cc(NCC(F)(F)F)cc(Nc3nccc(C(F)(F)F)n3)c2)OC1(C)C. The lowest BCUT2D eigenvalue weighted by Gasteiger charge is -2.32. The van der Waals surface area contributed by atoms with E-state index >= 15 is 0 Å². The quantitative estimate of drug-likeness (QED) is 0.504. The van der Waals surface area contributed by atoms with Crippen molar-refractivity contribution < 1.29 is 35.7 Å². The lowest BCUT2D eigenvalue weighted by atomic mass is 9.78. The van der Waals surface area contributed by atoms with Gasteiger partial charge >= 0.3 is 19.5 Å². The van der Waals surface area contributed by atoms with Crippen LogP contribution in [-0.2, 0) is 15.5 Å². The fourth-order valence-electron chi connectivity index (χ4n) is 2.85. The molecule has 1 fully saturated rings. The zero-order valence-corrected chi connectivity index (χ0v) is 17.6. The van der Waals surface area contributed by atoms with E-state index in [1.54, 1.807) is 0 Å². The number of anilines is 3. The molecule has 1 aromatic heterocycles. The minimum Gasteiger partial charge on any atom is -0.399 e. The molecule has 174 valence electrons. The number of alkyl halides is 6. The van der Waals surface area contributed by atoms with Crippen LogP contribution in [0.25, 0.3) is 0 Å². The highest BCUT2D eigenvalue weighted by Gasteiger charge is 2.51. The third kappa shape index (κ3) is 5.63. The monoisotopic (exact) mass is 462 g/mol. The molecule has 0 unspecified atom stereocenters. The van der Waals surface area contributed by atoms with Gasteiger partial charge in [0.05, 0.1) is 11.2 Å². The van der Waals surface area contributed by atoms with E-state index in [9.17, 15) is 26.3 Å². The van der Waals surface area contributed by atoms with Gasteiger partial charge in [0.1, 0.15) is 12.2 Å². The third-order valence-electron chi connectivity index (χ3n) is 5.18. The molecule has 13 heteroatoms. The van der Waals surface area contributed by atoms with E-state index in [-0.39, 0.29) is 17.3 Å². The van der Waals surface area contributed by atoms with Crippen molar-refractivity contribution >= 4 is 29.9 Å². The Kier molecular flexibility index (Phi) is 6.11. The Balaban J connectivity index is 1.94. The fourth-order valence-corrected chi connectivity index (χ4v) is 2.85. The highest BCUT2D eigenvalue weighted by Crippen LogP contribution is 2.37. The van der Waals surface area contributed by atoms with Crippen molar-refractivity contribution in [3.05, 3.63) is 36.2 Å². The number of hydrogen-bond acceptors (Lipinski definition) is 6. The molecule has 2 N–H and O–H groups in total. The minimum atomic E-state index is -4.68. The number of aromatic nitrogens is 2. The Labute approximate surface area is 180 Å². The van der Waals surface area contributed by atoms with Gasteiger partial charge in [-0.05, 0) is 57.4 Å². The first kappa shape index (κ1) is 24.1. The van der Waals surface area contributed by atoms with E-state index in [0.29, 0.717) is 11.5 Å². The average molecular weight is 462 g/mol. The van der Waals surface area contributed by atoms with Crippen LogP contribution >= 0.6 is 0 Å². The molecule has 32 heavy (non-hydrogen) atoms. The van der Waals surface area contributed by atoms with Crippen LogP contribution in [0.5, 0.6) is 0 Å². The predicted octanol–water partition coefficient (Wildman–Crippen LogP) is 4.51. The van der Waals surface area contributed by atoms with Crippen molar-refractivity contribution in [3.8, 4) is 0 Å². The second-order valence-electron chi connectivity index (χ2n) is 8.29. The van der Waals surface area contributed by atoms with Crippen molar-refractivity contribution in [1.82, 2.24) is 9.97 Å². The van der Waals surface area contributed by atoms with Crippen LogP contribution in [0.15, 0.2) is 30.5 Å². The summed E-state index contributed by atoms with van der Waals surface area (Å²) in [5, 5.41) is 4.86. The number of halogens is 6. The second kappa shape index (κ2) is 8.11. The highest BCUT2D eigenvalue weighted by molar-refractivity contribution is 6.62. The van der Waals surface area contributed by atoms with E-state index in [1.165, 1.54) is 18.2 Å². The topological polar surface area (TPSA) is 68.3 Å². The zero-order chi connectivity index (χ0) is 23.9. The average Bonchev–Trinajstić information content (AvgIpc) is 2.86. The van der Waals surface area contributed by atoms with Gasteiger partial charge in [-0.1, -0.05) is 0 Å². The van der Waals surface area contributed by atoms with Crippen LogP contribution in [-0.4, -0.2) is 41.0 Å². The van der Waals surface area contributed by atoms with Gasteiger partial charge in [0, 0.05) is 17.6 Å². The summed E-state index contributed by atoms with van der Waals surface area (Å²) in [7, 11) is -0.907. The van der Waals surface area contributed by atoms with Crippen LogP contribution < -0.4 is 16.1 Å². The maximum Gasteiger partial charge on any atom is 0.494 e. The third-order valence-corrected chi connectivity index (χ3v) is 5.18. The van der Waals surface area contributed by atoms with Crippen LogP contribution in [0, 0.1) is 0 Å². The Bertz CT molecular complexity index is 965. The standard InChI is InChI=1S/C19H21BF6N4O2/c1-16(2)17(3,4)32-20(31-16)11-7-12(28-10-18(21,22)23)9-13(8-11)29-15-27-6-5-14(30-15)19(24,25)26/h5-9,28H,10H2,1-4H3,(H,27,29,30). The van der Waals surface area contributed by atoms with Gasteiger partial charge < -0.3 is 19.9 Å². The van der Waals surface area contributed by atoms with Crippen molar-refractivity contribution in [2.75, 3.05) is 17.2 Å². The van der Waals surface area contributed by atoms with E-state index in [2.05, 4.69) is 20.6 Å². The van der Waals surface area contributed by atoms with E-state index in [1.807, 2.05) is 27.7 Å². The zero-order valence-electron chi connectivity index (χ0n) is 17.6. The largest absolute Gasteiger partial charge is 0.494 e. The molecule has 1 aliphatic rings. The maximum absolute atomic E-state index is 12.9. The molecule has 0 aliphatic carbocycles. The summed E-state index contributed by atoms with van der Waals surface area (Å²) in [5.74, 6) is -0.368. The number of rotatable bonds is 5. The van der Waals surface area contributed by atoms with E-state index in [0.717, 1.165) is 6.20 Å². The number of hydrogen-bond donors (Lipinski definition) is 2. The molecule has 1 aromatic carbocycles. The van der Waals surface area contributed by atoms with Gasteiger partial charge in [-0.25, -0.2) is 9.97 Å². The molecule has 0 amide bonds. The van der Waals surface area contributed by atoms with E-state index < -0.39 is 42.9 Å². The smallest absolute Gasteiger partial charge is 0.399 e. The summed E-state index contributed by atoms with van der Waals surface area (Å²) in [4.78, 5) is 7.17. The molecule has 0 radical (unpaired) electrons. The van der Waals surface area contributed by atoms with E-state index in [4.69, 9.17) is 9.31 Å². The predicted molar refractivity (Wildman–Crippen MR) is 107 cm³/mol. The van der Waals surface area contributed by atoms with Crippen LogP contribution in [0.1, 0.15) is 33.4 Å². The van der Waals surface area contributed by atoms with Crippen molar-refractivity contribution in [1.29, 1.82) is 0 Å². The van der Waals surface area contributed by atoms with Crippen molar-refractivity contribution in [2.45, 2.75) is 51.2 Å². The molecular weight excluding hydrogens is 441 g/mol. The first-order valence-electron chi connectivity index (χ1n) is 9.54. The summed E-state index contributed by atoms with van der Waals surface area (Å²) < 4.78 is 88.8.